The number of fused-ring (bicyclic) bond motifs is 3. The Morgan fingerprint density at radius 3 is 2.10 bits per heavy atom. The molecule has 0 atom stereocenters. The SMILES string of the molecule is CC1(C)c2ccccc2-c2cc(N(c3ccccc3)C(C)(C)C)c(C3CC3)cc21. The molecule has 148 valence electrons. The van der Waals surface area contributed by atoms with Crippen LogP contribution in [0.4, 0.5) is 11.4 Å². The van der Waals surface area contributed by atoms with Gasteiger partial charge in [-0.3, -0.25) is 0 Å². The van der Waals surface area contributed by atoms with Crippen molar-refractivity contribution < 1.29 is 0 Å². The average molecular weight is 382 g/mol. The van der Waals surface area contributed by atoms with Crippen LogP contribution in [0.2, 0.25) is 0 Å². The van der Waals surface area contributed by atoms with Crippen LogP contribution in [-0.4, -0.2) is 5.54 Å². The largest absolute Gasteiger partial charge is 0.336 e. The zero-order chi connectivity index (χ0) is 20.4. The highest BCUT2D eigenvalue weighted by molar-refractivity contribution is 5.86. The van der Waals surface area contributed by atoms with E-state index in [-0.39, 0.29) is 11.0 Å². The van der Waals surface area contributed by atoms with Gasteiger partial charge in [-0.1, -0.05) is 62.4 Å². The molecule has 3 aromatic carbocycles. The van der Waals surface area contributed by atoms with Gasteiger partial charge < -0.3 is 4.90 Å². The summed E-state index contributed by atoms with van der Waals surface area (Å²) in [6.07, 6.45) is 2.62. The Hall–Kier alpha value is -2.54. The van der Waals surface area contributed by atoms with Crippen molar-refractivity contribution in [1.29, 1.82) is 0 Å². The molecule has 0 saturated heterocycles. The van der Waals surface area contributed by atoms with Crippen LogP contribution in [0.5, 0.6) is 0 Å². The predicted molar refractivity (Wildman–Crippen MR) is 124 cm³/mol. The van der Waals surface area contributed by atoms with E-state index in [9.17, 15) is 0 Å². The second-order valence-electron chi connectivity index (χ2n) is 10.2. The minimum Gasteiger partial charge on any atom is -0.336 e. The summed E-state index contributed by atoms with van der Waals surface area (Å²) in [5.74, 6) is 0.698. The van der Waals surface area contributed by atoms with E-state index in [1.54, 1.807) is 0 Å². The zero-order valence-electron chi connectivity index (χ0n) is 18.3. The fourth-order valence-corrected chi connectivity index (χ4v) is 5.13. The van der Waals surface area contributed by atoms with Gasteiger partial charge in [-0.25, -0.2) is 0 Å². The standard InChI is InChI=1S/C28H31N/c1-27(2,3)29(20-11-7-6-8-12-20)26-18-23-21-13-9-10-14-24(21)28(4,5)25(23)17-22(26)19-15-16-19/h6-14,17-19H,15-16H2,1-5H3. The maximum Gasteiger partial charge on any atom is 0.0457 e. The summed E-state index contributed by atoms with van der Waals surface area (Å²) in [7, 11) is 0. The lowest BCUT2D eigenvalue weighted by atomic mass is 9.81. The highest BCUT2D eigenvalue weighted by Gasteiger charge is 2.39. The highest BCUT2D eigenvalue weighted by atomic mass is 15.2. The molecule has 1 saturated carbocycles. The van der Waals surface area contributed by atoms with Gasteiger partial charge in [0.15, 0.2) is 0 Å². The summed E-state index contributed by atoms with van der Waals surface area (Å²) in [5.41, 5.74) is 10.0. The average Bonchev–Trinajstić information content (AvgIpc) is 3.49. The summed E-state index contributed by atoms with van der Waals surface area (Å²) in [5, 5.41) is 0. The van der Waals surface area contributed by atoms with Crippen molar-refractivity contribution in [3.05, 3.63) is 83.4 Å². The summed E-state index contributed by atoms with van der Waals surface area (Å²) in [4.78, 5) is 2.55. The van der Waals surface area contributed by atoms with E-state index in [0.29, 0.717) is 5.92 Å². The van der Waals surface area contributed by atoms with E-state index in [2.05, 4.69) is 106 Å². The van der Waals surface area contributed by atoms with Crippen molar-refractivity contribution in [2.24, 2.45) is 0 Å². The quantitative estimate of drug-likeness (QED) is 0.447. The first-order chi connectivity index (χ1) is 13.8. The molecule has 0 aromatic heterocycles. The Labute approximate surface area is 175 Å². The molecule has 0 N–H and O–H groups in total. The molecule has 0 spiro atoms. The molecule has 0 bridgehead atoms. The monoisotopic (exact) mass is 381 g/mol. The zero-order valence-corrected chi connectivity index (χ0v) is 18.3. The van der Waals surface area contributed by atoms with Gasteiger partial charge in [-0.05, 0) is 85.5 Å². The number of benzene rings is 3. The normalized spacial score (nSPS) is 17.0. The Bertz CT molecular complexity index is 1070. The molecule has 0 amide bonds. The summed E-state index contributed by atoms with van der Waals surface area (Å²) in [6.45, 7) is 11.7. The summed E-state index contributed by atoms with van der Waals surface area (Å²) in [6, 6.07) is 24.9. The molecule has 1 nitrogen and oxygen atoms in total. The van der Waals surface area contributed by atoms with Gasteiger partial charge >= 0.3 is 0 Å². The number of hydrogen-bond donors (Lipinski definition) is 0. The first kappa shape index (κ1) is 18.5. The van der Waals surface area contributed by atoms with Gasteiger partial charge in [-0.15, -0.1) is 0 Å². The lowest BCUT2D eigenvalue weighted by Crippen LogP contribution is -2.38. The smallest absolute Gasteiger partial charge is 0.0457 e. The Morgan fingerprint density at radius 1 is 0.793 bits per heavy atom. The van der Waals surface area contributed by atoms with Gasteiger partial charge in [0, 0.05) is 22.3 Å². The maximum atomic E-state index is 2.55. The van der Waals surface area contributed by atoms with Crippen LogP contribution in [0.1, 0.15) is 70.1 Å². The van der Waals surface area contributed by atoms with Gasteiger partial charge in [0.2, 0.25) is 0 Å². The number of anilines is 2. The van der Waals surface area contributed by atoms with Crippen molar-refractivity contribution >= 4 is 11.4 Å². The van der Waals surface area contributed by atoms with Crippen molar-refractivity contribution in [3.63, 3.8) is 0 Å². The van der Waals surface area contributed by atoms with Gasteiger partial charge in [0.05, 0.1) is 0 Å². The molecule has 2 aliphatic rings. The molecule has 1 fully saturated rings. The van der Waals surface area contributed by atoms with E-state index in [1.807, 2.05) is 0 Å². The number of hydrogen-bond acceptors (Lipinski definition) is 1. The molecule has 3 aromatic rings. The lowest BCUT2D eigenvalue weighted by Gasteiger charge is -2.40. The molecular formula is C28H31N. The highest BCUT2D eigenvalue weighted by Crippen LogP contribution is 2.55. The number of para-hydroxylation sites is 1. The minimum atomic E-state index is -0.00707. The number of rotatable bonds is 3. The lowest BCUT2D eigenvalue weighted by molar-refractivity contribution is 0.558. The van der Waals surface area contributed by atoms with E-state index in [1.165, 1.54) is 52.0 Å². The van der Waals surface area contributed by atoms with Crippen molar-refractivity contribution in [3.8, 4) is 11.1 Å². The van der Waals surface area contributed by atoms with E-state index >= 15 is 0 Å². The molecule has 0 unspecified atom stereocenters. The molecular weight excluding hydrogens is 350 g/mol. The Balaban J connectivity index is 1.79. The molecule has 0 heterocycles. The molecule has 5 rings (SSSR count). The second-order valence-corrected chi connectivity index (χ2v) is 10.2. The summed E-state index contributed by atoms with van der Waals surface area (Å²) >= 11 is 0. The van der Waals surface area contributed by atoms with Crippen LogP contribution in [0.3, 0.4) is 0 Å². The van der Waals surface area contributed by atoms with E-state index < -0.39 is 0 Å². The first-order valence-corrected chi connectivity index (χ1v) is 10.9. The molecule has 2 aliphatic carbocycles. The minimum absolute atomic E-state index is 0.00707. The van der Waals surface area contributed by atoms with Crippen molar-refractivity contribution in [1.82, 2.24) is 0 Å². The van der Waals surface area contributed by atoms with Crippen LogP contribution in [0.25, 0.3) is 11.1 Å². The van der Waals surface area contributed by atoms with Crippen LogP contribution < -0.4 is 4.90 Å². The van der Waals surface area contributed by atoms with Gasteiger partial charge in [-0.2, -0.15) is 0 Å². The Morgan fingerprint density at radius 2 is 1.45 bits per heavy atom. The van der Waals surface area contributed by atoms with Crippen molar-refractivity contribution in [2.45, 2.75) is 64.3 Å². The third-order valence-electron chi connectivity index (χ3n) is 6.67. The fourth-order valence-electron chi connectivity index (χ4n) is 5.13. The molecule has 0 radical (unpaired) electrons. The topological polar surface area (TPSA) is 3.24 Å². The summed E-state index contributed by atoms with van der Waals surface area (Å²) < 4.78 is 0. The third-order valence-corrected chi connectivity index (χ3v) is 6.67. The second kappa shape index (κ2) is 6.23. The van der Waals surface area contributed by atoms with Crippen LogP contribution in [0.15, 0.2) is 66.7 Å². The van der Waals surface area contributed by atoms with E-state index in [0.717, 1.165) is 0 Å². The maximum absolute atomic E-state index is 2.55. The van der Waals surface area contributed by atoms with E-state index in [4.69, 9.17) is 0 Å². The number of nitrogens with zero attached hydrogens (tertiary/aromatic N) is 1. The van der Waals surface area contributed by atoms with Crippen molar-refractivity contribution in [2.75, 3.05) is 4.90 Å². The third kappa shape index (κ3) is 2.90. The molecule has 0 aliphatic heterocycles. The predicted octanol–water partition coefficient (Wildman–Crippen LogP) is 7.81. The van der Waals surface area contributed by atoms with Crippen LogP contribution in [-0.2, 0) is 5.41 Å². The first-order valence-electron chi connectivity index (χ1n) is 10.9. The van der Waals surface area contributed by atoms with Gasteiger partial charge in [0.1, 0.15) is 0 Å². The molecule has 29 heavy (non-hydrogen) atoms. The molecule has 1 heteroatoms. The Kier molecular flexibility index (Phi) is 3.97. The van der Waals surface area contributed by atoms with Crippen LogP contribution >= 0.6 is 0 Å². The van der Waals surface area contributed by atoms with Gasteiger partial charge in [0.25, 0.3) is 0 Å². The van der Waals surface area contributed by atoms with Crippen LogP contribution in [0, 0.1) is 0 Å². The fraction of sp³-hybridized carbons (Fsp3) is 0.357.